The molecule has 0 spiro atoms. The van der Waals surface area contributed by atoms with Gasteiger partial charge in [-0.15, -0.1) is 0 Å². The van der Waals surface area contributed by atoms with Crippen molar-refractivity contribution in [3.63, 3.8) is 0 Å². The number of nitrogens with one attached hydrogen (secondary N) is 1. The number of alkyl halides is 2. The van der Waals surface area contributed by atoms with E-state index in [1.165, 1.54) is 6.07 Å². The summed E-state index contributed by atoms with van der Waals surface area (Å²) in [5.74, 6) is -0.373. The van der Waals surface area contributed by atoms with Gasteiger partial charge in [-0.05, 0) is 0 Å². The van der Waals surface area contributed by atoms with E-state index in [0.717, 1.165) is 71.1 Å². The van der Waals surface area contributed by atoms with E-state index in [0.29, 0.717) is 27.6 Å². The topological polar surface area (TPSA) is 64.0 Å². The third kappa shape index (κ3) is 6.40. The molecule has 0 aromatic carbocycles. The summed E-state index contributed by atoms with van der Waals surface area (Å²) in [6, 6.07) is -0.176. The molecule has 2 aliphatic carbocycles. The van der Waals surface area contributed by atoms with Gasteiger partial charge in [0.05, 0.1) is 0 Å². The van der Waals surface area contributed by atoms with Crippen molar-refractivity contribution in [2.24, 2.45) is 0 Å². The molecule has 1 atom stereocenters. The van der Waals surface area contributed by atoms with Crippen LogP contribution in [0.4, 0.5) is 13.2 Å². The molecule has 2 aromatic heterocycles. The Bertz CT molecular complexity index is 1170. The Morgan fingerprint density at radius 1 is 1.03 bits per heavy atom. The first kappa shape index (κ1) is 30.2. The summed E-state index contributed by atoms with van der Waals surface area (Å²) in [5.41, 5.74) is 0.698. The van der Waals surface area contributed by atoms with Crippen molar-refractivity contribution >= 4 is 43.1 Å². The zero-order chi connectivity index (χ0) is 27.5. The predicted octanol–water partition coefficient (Wildman–Crippen LogP) is 7.34. The Labute approximate surface area is 230 Å². The maximum atomic E-state index is 16.2. The Morgan fingerprint density at radius 3 is 2.05 bits per heavy atom. The van der Waals surface area contributed by atoms with E-state index in [-0.39, 0.29) is 17.4 Å². The summed E-state index contributed by atoms with van der Waals surface area (Å²) >= 11 is -3.26. The van der Waals surface area contributed by atoms with Crippen LogP contribution in [-0.2, 0) is 10.0 Å². The number of nitrogens with zero attached hydrogens (tertiary/aromatic N) is 2. The van der Waals surface area contributed by atoms with E-state index < -0.39 is 46.1 Å². The zero-order valence-corrected chi connectivity index (χ0v) is 26.8. The van der Waals surface area contributed by atoms with Crippen molar-refractivity contribution in [3.05, 3.63) is 23.6 Å². The second-order valence-corrected chi connectivity index (χ2v) is 26.5. The van der Waals surface area contributed by atoms with Gasteiger partial charge in [-0.3, -0.25) is 0 Å². The molecule has 2 heterocycles. The molecule has 0 amide bonds. The molecule has 4 rings (SSSR count). The van der Waals surface area contributed by atoms with E-state index >= 15 is 4.39 Å². The summed E-state index contributed by atoms with van der Waals surface area (Å²) < 4.78 is 78.3. The van der Waals surface area contributed by atoms with Gasteiger partial charge in [-0.25, -0.2) is 0 Å². The van der Waals surface area contributed by atoms with Crippen LogP contribution in [0.25, 0.3) is 11.0 Å². The third-order valence-electron chi connectivity index (χ3n) is 8.63. The molecular weight excluding hydrogens is 618 g/mol. The predicted molar refractivity (Wildman–Crippen MR) is 151 cm³/mol. The monoisotopic (exact) mass is 663 g/mol. The van der Waals surface area contributed by atoms with Crippen molar-refractivity contribution in [1.82, 2.24) is 14.3 Å². The van der Waals surface area contributed by atoms with E-state index in [1.54, 1.807) is 6.20 Å². The molecule has 1 N–H and O–H groups in total. The van der Waals surface area contributed by atoms with Gasteiger partial charge in [0.15, 0.2) is 0 Å². The van der Waals surface area contributed by atoms with Crippen LogP contribution in [0.2, 0.25) is 13.3 Å². The van der Waals surface area contributed by atoms with Crippen molar-refractivity contribution in [1.29, 1.82) is 0 Å². The van der Waals surface area contributed by atoms with E-state index in [2.05, 4.69) is 25.5 Å². The van der Waals surface area contributed by atoms with Crippen LogP contribution in [0.1, 0.15) is 109 Å². The summed E-state index contributed by atoms with van der Waals surface area (Å²) in [6.45, 7) is 6.51. The Morgan fingerprint density at radius 2 is 1.61 bits per heavy atom. The van der Waals surface area contributed by atoms with Gasteiger partial charge in [-0.1, -0.05) is 0 Å². The fourth-order valence-electron chi connectivity index (χ4n) is 5.91. The van der Waals surface area contributed by atoms with Gasteiger partial charge in [-0.2, -0.15) is 0 Å². The molecule has 0 saturated heterocycles. The standard InChI is InChI=1S/C16H17F3N3O2S.3C4H9.Sn/c17-9-6-12-13(8-22(10-2-1-3-10)16(12)20-7-9)14(15(18)19)21-25(23,24)11-4-5-11;3*1-3-4-2;/h6,8,10-11,14-15,21H,1-5H2;3*1,3-4H2,2H3;. The van der Waals surface area contributed by atoms with E-state index in [1.807, 2.05) is 4.57 Å². The minimum absolute atomic E-state index is 0.127. The molecular formula is C28H44F3N3O2SSn. The molecule has 5 nitrogen and oxygen atoms in total. The number of hydrogen-bond donors (Lipinski definition) is 1. The molecule has 2 saturated carbocycles. The van der Waals surface area contributed by atoms with Gasteiger partial charge < -0.3 is 0 Å². The molecule has 10 heteroatoms. The van der Waals surface area contributed by atoms with Crippen molar-refractivity contribution in [3.8, 4) is 0 Å². The second-order valence-electron chi connectivity index (χ2n) is 11.5. The van der Waals surface area contributed by atoms with E-state index in [4.69, 9.17) is 4.98 Å². The Kier molecular flexibility index (Phi) is 10.2. The van der Waals surface area contributed by atoms with Crippen LogP contribution in [0.15, 0.2) is 12.3 Å². The number of rotatable bonds is 16. The molecule has 0 aliphatic heterocycles. The summed E-state index contributed by atoms with van der Waals surface area (Å²) in [6.07, 6.45) is 8.89. The Hall–Kier alpha value is -0.811. The molecule has 1 unspecified atom stereocenters. The van der Waals surface area contributed by atoms with Crippen LogP contribution in [0.5, 0.6) is 0 Å². The average molecular weight is 662 g/mol. The van der Waals surface area contributed by atoms with Gasteiger partial charge in [0.1, 0.15) is 0 Å². The summed E-state index contributed by atoms with van der Waals surface area (Å²) in [5, 5.41) is -0.292. The molecule has 0 bridgehead atoms. The van der Waals surface area contributed by atoms with Crippen LogP contribution >= 0.6 is 0 Å². The minimum atomic E-state index is -3.87. The van der Waals surface area contributed by atoms with Crippen LogP contribution in [0, 0.1) is 5.82 Å². The quantitative estimate of drug-likeness (QED) is 0.192. The molecule has 214 valence electrons. The molecule has 2 fully saturated rings. The van der Waals surface area contributed by atoms with Gasteiger partial charge in [0.2, 0.25) is 0 Å². The van der Waals surface area contributed by atoms with Crippen molar-refractivity contribution in [2.45, 2.75) is 128 Å². The number of fused-ring (bicyclic) bond motifs is 1. The third-order valence-corrected chi connectivity index (χ3v) is 25.7. The Balaban J connectivity index is 1.87. The molecule has 2 aromatic rings. The number of hydrogen-bond acceptors (Lipinski definition) is 3. The van der Waals surface area contributed by atoms with Gasteiger partial charge in [0, 0.05) is 0 Å². The second kappa shape index (κ2) is 12.8. The fourth-order valence-corrected chi connectivity index (χ4v) is 23.1. The van der Waals surface area contributed by atoms with E-state index in [9.17, 15) is 17.2 Å². The van der Waals surface area contributed by atoms with Gasteiger partial charge in [0.25, 0.3) is 0 Å². The molecule has 2 aliphatic rings. The average Bonchev–Trinajstić information content (AvgIpc) is 3.66. The zero-order valence-electron chi connectivity index (χ0n) is 23.1. The first-order valence-corrected chi connectivity index (χ1v) is 23.7. The van der Waals surface area contributed by atoms with Crippen LogP contribution < -0.4 is 8.43 Å². The maximum absolute atomic E-state index is 16.2. The van der Waals surface area contributed by atoms with Crippen LogP contribution in [-0.4, -0.2) is 48.0 Å². The number of pyridine rings is 1. The number of sulfonamides is 1. The molecule has 38 heavy (non-hydrogen) atoms. The summed E-state index contributed by atoms with van der Waals surface area (Å²) in [4.78, 5) is 5.07. The number of unbranched alkanes of at least 4 members (excludes halogenated alkanes) is 3. The SMILES string of the molecule is CCC[CH2][Sn]([CH2]CCC)([CH2]CCC)[c]1nc2c(cc1F)c(C(NS(=O)(=O)C1CC1)C(F)F)cn2C1CCC1. The molecule has 0 radical (unpaired) electrons. The number of halogens is 3. The summed E-state index contributed by atoms with van der Waals surface area (Å²) in [7, 11) is -3.87. The number of aromatic nitrogens is 2. The van der Waals surface area contributed by atoms with Crippen molar-refractivity contribution < 1.29 is 21.6 Å². The normalized spacial score (nSPS) is 17.9. The first-order valence-electron chi connectivity index (χ1n) is 14.7. The first-order chi connectivity index (χ1) is 18.2. The van der Waals surface area contributed by atoms with Gasteiger partial charge >= 0.3 is 231 Å². The fraction of sp³-hybridized carbons (Fsp3) is 0.750. The van der Waals surface area contributed by atoms with Crippen LogP contribution in [0.3, 0.4) is 0 Å². The van der Waals surface area contributed by atoms with Crippen molar-refractivity contribution in [2.75, 3.05) is 0 Å².